The first-order valence-electron chi connectivity index (χ1n) is 10.2. The van der Waals surface area contributed by atoms with Crippen LogP contribution < -0.4 is 10.2 Å². The molecule has 0 saturated carbocycles. The highest BCUT2D eigenvalue weighted by Crippen LogP contribution is 2.47. The zero-order valence-electron chi connectivity index (χ0n) is 17.2. The van der Waals surface area contributed by atoms with Crippen LogP contribution in [0.3, 0.4) is 0 Å². The molecule has 5 heteroatoms. The molecule has 2 aliphatic rings. The van der Waals surface area contributed by atoms with E-state index in [1.165, 1.54) is 11.1 Å². The van der Waals surface area contributed by atoms with Gasteiger partial charge in [-0.05, 0) is 69.1 Å². The minimum absolute atomic E-state index is 0.0275. The van der Waals surface area contributed by atoms with Crippen molar-refractivity contribution in [1.29, 1.82) is 0 Å². The Morgan fingerprint density at radius 3 is 2.72 bits per heavy atom. The van der Waals surface area contributed by atoms with Gasteiger partial charge in [0.15, 0.2) is 0 Å². The van der Waals surface area contributed by atoms with Crippen molar-refractivity contribution in [1.82, 2.24) is 4.90 Å². The van der Waals surface area contributed by atoms with Crippen LogP contribution >= 0.6 is 11.6 Å². The van der Waals surface area contributed by atoms with Crippen LogP contribution in [-0.2, 0) is 5.41 Å². The van der Waals surface area contributed by atoms with Crippen LogP contribution in [0.2, 0.25) is 5.02 Å². The molecule has 2 amide bonds. The zero-order chi connectivity index (χ0) is 20.6. The van der Waals surface area contributed by atoms with E-state index in [1.807, 2.05) is 36.1 Å². The maximum atomic E-state index is 13.3. The van der Waals surface area contributed by atoms with E-state index in [1.54, 1.807) is 0 Å². The first kappa shape index (κ1) is 20.0. The van der Waals surface area contributed by atoms with Gasteiger partial charge in [-0.3, -0.25) is 9.80 Å². The average Bonchev–Trinajstić information content (AvgIpc) is 3.01. The number of halogens is 1. The molecular weight excluding hydrogens is 382 g/mol. The van der Waals surface area contributed by atoms with Crippen molar-refractivity contribution in [2.45, 2.75) is 32.1 Å². The molecule has 0 radical (unpaired) electrons. The summed E-state index contributed by atoms with van der Waals surface area (Å²) in [6.45, 7) is 11.6. The van der Waals surface area contributed by atoms with E-state index in [-0.39, 0.29) is 11.4 Å². The molecular formula is C24H28ClN3O. The first-order chi connectivity index (χ1) is 13.9. The fourth-order valence-corrected chi connectivity index (χ4v) is 4.84. The highest BCUT2D eigenvalue weighted by atomic mass is 35.5. The summed E-state index contributed by atoms with van der Waals surface area (Å²) >= 11 is 6.23. The van der Waals surface area contributed by atoms with Crippen molar-refractivity contribution < 1.29 is 4.79 Å². The van der Waals surface area contributed by atoms with Crippen LogP contribution in [0.5, 0.6) is 0 Å². The fraction of sp³-hybridized carbons (Fsp3) is 0.375. The number of aryl methyl sites for hydroxylation is 1. The Morgan fingerprint density at radius 2 is 2.00 bits per heavy atom. The van der Waals surface area contributed by atoms with E-state index < -0.39 is 0 Å². The highest BCUT2D eigenvalue weighted by molar-refractivity contribution is 6.31. The third kappa shape index (κ3) is 3.67. The van der Waals surface area contributed by atoms with E-state index in [9.17, 15) is 4.79 Å². The van der Waals surface area contributed by atoms with Crippen LogP contribution in [0.25, 0.3) is 0 Å². The van der Waals surface area contributed by atoms with Gasteiger partial charge in [0.2, 0.25) is 0 Å². The summed E-state index contributed by atoms with van der Waals surface area (Å²) in [6, 6.07) is 12.0. The number of rotatable bonds is 3. The molecule has 2 aliphatic heterocycles. The number of carbonyl (C=O) groups is 1. The summed E-state index contributed by atoms with van der Waals surface area (Å²) in [5.41, 5.74) is 5.26. The summed E-state index contributed by atoms with van der Waals surface area (Å²) in [5, 5.41) is 3.74. The number of urea groups is 1. The molecule has 0 unspecified atom stereocenters. The molecule has 1 spiro atoms. The number of carbonyl (C=O) groups excluding carboxylic acids is 1. The maximum absolute atomic E-state index is 13.3. The Balaban J connectivity index is 1.62. The molecule has 1 saturated heterocycles. The van der Waals surface area contributed by atoms with Crippen LogP contribution in [0, 0.1) is 13.8 Å². The molecule has 2 aromatic carbocycles. The minimum Gasteiger partial charge on any atom is -0.307 e. The van der Waals surface area contributed by atoms with Gasteiger partial charge in [-0.25, -0.2) is 4.79 Å². The van der Waals surface area contributed by atoms with Crippen LogP contribution in [0.1, 0.15) is 29.5 Å². The SMILES string of the molecule is C=CCN1CCC2(CC1)CN(C(=O)Nc1cccc(Cl)c1C)c1ccc(C)cc12. The van der Waals surface area contributed by atoms with Gasteiger partial charge in [0, 0.05) is 34.9 Å². The molecule has 2 aromatic rings. The Kier molecular flexibility index (Phi) is 5.41. The van der Waals surface area contributed by atoms with Crippen LogP contribution in [-0.4, -0.2) is 37.1 Å². The largest absolute Gasteiger partial charge is 0.326 e. The molecule has 152 valence electrons. The quantitative estimate of drug-likeness (QED) is 0.676. The van der Waals surface area contributed by atoms with E-state index in [4.69, 9.17) is 11.6 Å². The summed E-state index contributed by atoms with van der Waals surface area (Å²) < 4.78 is 0. The van der Waals surface area contributed by atoms with E-state index in [2.05, 4.69) is 41.9 Å². The Labute approximate surface area is 178 Å². The number of nitrogens with one attached hydrogen (secondary N) is 1. The molecule has 4 nitrogen and oxygen atoms in total. The van der Waals surface area contributed by atoms with Crippen molar-refractivity contribution >= 4 is 29.0 Å². The predicted octanol–water partition coefficient (Wildman–Crippen LogP) is 5.53. The summed E-state index contributed by atoms with van der Waals surface area (Å²) in [4.78, 5) is 17.6. The highest BCUT2D eigenvalue weighted by Gasteiger charge is 2.46. The fourth-order valence-electron chi connectivity index (χ4n) is 4.66. The molecule has 0 aromatic heterocycles. The van der Waals surface area contributed by atoms with Gasteiger partial charge >= 0.3 is 6.03 Å². The number of nitrogens with zero attached hydrogens (tertiary/aromatic N) is 2. The summed E-state index contributed by atoms with van der Waals surface area (Å²) in [5.74, 6) is 0. The second-order valence-electron chi connectivity index (χ2n) is 8.32. The smallest absolute Gasteiger partial charge is 0.307 e. The maximum Gasteiger partial charge on any atom is 0.326 e. The van der Waals surface area contributed by atoms with Gasteiger partial charge in [-0.15, -0.1) is 6.58 Å². The molecule has 29 heavy (non-hydrogen) atoms. The van der Waals surface area contributed by atoms with Gasteiger partial charge in [0.1, 0.15) is 0 Å². The lowest BCUT2D eigenvalue weighted by atomic mass is 9.74. The van der Waals surface area contributed by atoms with Crippen molar-refractivity contribution in [3.63, 3.8) is 0 Å². The molecule has 0 atom stereocenters. The second kappa shape index (κ2) is 7.85. The lowest BCUT2D eigenvalue weighted by molar-refractivity contribution is 0.180. The predicted molar refractivity (Wildman–Crippen MR) is 121 cm³/mol. The van der Waals surface area contributed by atoms with Crippen LogP contribution in [0.15, 0.2) is 49.1 Å². The van der Waals surface area contributed by atoms with E-state index >= 15 is 0 Å². The molecule has 0 bridgehead atoms. The van der Waals surface area contributed by atoms with Gasteiger partial charge in [0.05, 0.1) is 0 Å². The number of hydrogen-bond acceptors (Lipinski definition) is 2. The minimum atomic E-state index is -0.0918. The molecule has 4 rings (SSSR count). The van der Waals surface area contributed by atoms with Gasteiger partial charge in [-0.2, -0.15) is 0 Å². The van der Waals surface area contributed by atoms with Crippen molar-refractivity contribution in [3.05, 3.63) is 70.8 Å². The average molecular weight is 410 g/mol. The Bertz CT molecular complexity index is 947. The Hall–Kier alpha value is -2.30. The summed E-state index contributed by atoms with van der Waals surface area (Å²) in [6.07, 6.45) is 4.08. The van der Waals surface area contributed by atoms with Crippen molar-refractivity contribution in [2.75, 3.05) is 36.4 Å². The van der Waals surface area contributed by atoms with Crippen LogP contribution in [0.4, 0.5) is 16.2 Å². The zero-order valence-corrected chi connectivity index (χ0v) is 17.9. The third-order valence-corrected chi connectivity index (χ3v) is 6.84. The number of anilines is 2. The summed E-state index contributed by atoms with van der Waals surface area (Å²) in [7, 11) is 0. The molecule has 0 aliphatic carbocycles. The number of piperidine rings is 1. The van der Waals surface area contributed by atoms with Crippen molar-refractivity contribution in [2.24, 2.45) is 0 Å². The van der Waals surface area contributed by atoms with E-state index in [0.717, 1.165) is 56.0 Å². The van der Waals surface area contributed by atoms with Gasteiger partial charge in [-0.1, -0.05) is 41.4 Å². The molecule has 1 fully saturated rings. The lowest BCUT2D eigenvalue weighted by Crippen LogP contribution is -2.46. The normalized spacial score (nSPS) is 18.0. The standard InChI is InChI=1S/C24H28ClN3O/c1-4-12-27-13-10-24(11-14-27)16-28(22-9-8-17(2)15-19(22)24)23(29)26-21-7-5-6-20(25)18(21)3/h4-9,15H,1,10-14,16H2,2-3H3,(H,26,29). The molecule has 1 N–H and O–H groups in total. The number of amides is 2. The topological polar surface area (TPSA) is 35.6 Å². The van der Waals surface area contributed by atoms with Gasteiger partial charge < -0.3 is 5.32 Å². The monoisotopic (exact) mass is 409 g/mol. The first-order valence-corrected chi connectivity index (χ1v) is 10.6. The van der Waals surface area contributed by atoms with E-state index in [0.29, 0.717) is 5.02 Å². The third-order valence-electron chi connectivity index (χ3n) is 6.43. The lowest BCUT2D eigenvalue weighted by Gasteiger charge is -2.39. The van der Waals surface area contributed by atoms with Crippen molar-refractivity contribution in [3.8, 4) is 0 Å². The Morgan fingerprint density at radius 1 is 1.24 bits per heavy atom. The molecule has 2 heterocycles. The second-order valence-corrected chi connectivity index (χ2v) is 8.73. The number of likely N-dealkylation sites (tertiary alicyclic amines) is 1. The number of fused-ring (bicyclic) bond motifs is 2. The number of benzene rings is 2. The number of hydrogen-bond donors (Lipinski definition) is 1. The van der Waals surface area contributed by atoms with Gasteiger partial charge in [0.25, 0.3) is 0 Å².